The highest BCUT2D eigenvalue weighted by molar-refractivity contribution is 7.86. The molecule has 3 aromatic rings. The zero-order valence-corrected chi connectivity index (χ0v) is 33.8. The number of hydrogen-bond donors (Lipinski definition) is 3. The molecule has 3 N–H and O–H groups in total. The number of nitrogens with zero attached hydrogens (tertiary/aromatic N) is 4. The van der Waals surface area contributed by atoms with Crippen molar-refractivity contribution in [1.82, 2.24) is 29.9 Å². The summed E-state index contributed by atoms with van der Waals surface area (Å²) in [5.41, 5.74) is 0.667. The van der Waals surface area contributed by atoms with Crippen LogP contribution in [0.4, 0.5) is 13.6 Å². The number of amides is 5. The Kier molecular flexibility index (Phi) is 14.5. The summed E-state index contributed by atoms with van der Waals surface area (Å²) in [6.45, 7) is 3.00. The Hall–Kier alpha value is -5.14. The lowest BCUT2D eigenvalue weighted by atomic mass is 9.83. The molecule has 1 saturated carbocycles. The van der Waals surface area contributed by atoms with E-state index in [1.54, 1.807) is 17.0 Å². The molecule has 2 aliphatic rings. The summed E-state index contributed by atoms with van der Waals surface area (Å²) < 4.78 is 65.5. The van der Waals surface area contributed by atoms with Gasteiger partial charge in [0.25, 0.3) is 21.9 Å². The van der Waals surface area contributed by atoms with Crippen molar-refractivity contribution >= 4 is 50.7 Å². The van der Waals surface area contributed by atoms with Crippen LogP contribution in [0.25, 0.3) is 10.9 Å². The number of piperazine rings is 1. The molecule has 1 aromatic heterocycles. The number of ether oxygens (including phenoxy) is 1. The Balaban J connectivity index is 1.23. The molecule has 1 aliphatic heterocycles. The van der Waals surface area contributed by atoms with Crippen LogP contribution in [0.2, 0.25) is 0 Å². The smallest absolute Gasteiger partial charge is 0.407 e. The van der Waals surface area contributed by atoms with Gasteiger partial charge in [0, 0.05) is 58.3 Å². The molecule has 1 saturated heterocycles. The minimum absolute atomic E-state index is 0.000492. The predicted octanol–water partition coefficient (Wildman–Crippen LogP) is 3.26. The van der Waals surface area contributed by atoms with Crippen LogP contribution in [-0.4, -0.2) is 134 Å². The molecule has 0 bridgehead atoms. The predicted molar refractivity (Wildman–Crippen MR) is 207 cm³/mol. The third-order valence-electron chi connectivity index (χ3n) is 10.8. The largest absolute Gasteiger partial charge is 0.465 e. The standard InChI is InChI=1S/C39H50F2N6O10S/c1-24-10-12-27(13-11-24)58(54,55)57-21-20-56-19-14-42-36(49)32-28-22-29(40)30(41)23-31(28)45(4)34(32)38(51)47-17-15-46(16-18-47)37(50)33(26-8-6-5-7-9-26)43-35(48)25(2)44(3)39(52)53/h10-13,22-23,25-26,33H,5-9,14-21H2,1-4H3,(H,42,49)(H,43,48)(H,52,53)/t25-,33-/m0/s1. The molecule has 16 nitrogen and oxygen atoms in total. The van der Waals surface area contributed by atoms with E-state index in [9.17, 15) is 46.3 Å². The first-order valence-electron chi connectivity index (χ1n) is 19.2. The maximum absolute atomic E-state index is 14.6. The number of carbonyl (C=O) groups excluding carboxylic acids is 4. The van der Waals surface area contributed by atoms with Gasteiger partial charge in [-0.3, -0.25) is 28.3 Å². The fourth-order valence-corrected chi connectivity index (χ4v) is 8.15. The van der Waals surface area contributed by atoms with E-state index < -0.39 is 57.7 Å². The first kappa shape index (κ1) is 44.0. The van der Waals surface area contributed by atoms with E-state index in [0.29, 0.717) is 12.8 Å². The van der Waals surface area contributed by atoms with Crippen LogP contribution in [-0.2, 0) is 35.7 Å². The second kappa shape index (κ2) is 19.1. The quantitative estimate of drug-likeness (QED) is 0.151. The molecule has 316 valence electrons. The number of likely N-dealkylation sites (N-methyl/N-ethyl adjacent to an activating group) is 1. The van der Waals surface area contributed by atoms with Crippen molar-refractivity contribution in [2.75, 3.05) is 59.6 Å². The van der Waals surface area contributed by atoms with Crippen molar-refractivity contribution < 1.29 is 55.2 Å². The topological polar surface area (TPSA) is 197 Å². The number of benzene rings is 2. The lowest BCUT2D eigenvalue weighted by molar-refractivity contribution is -0.140. The molecular weight excluding hydrogens is 783 g/mol. The number of hydrogen-bond acceptors (Lipinski definition) is 9. The molecule has 5 rings (SSSR count). The lowest BCUT2D eigenvalue weighted by Crippen LogP contribution is -2.59. The van der Waals surface area contributed by atoms with Crippen molar-refractivity contribution in [1.29, 1.82) is 0 Å². The second-order valence-corrected chi connectivity index (χ2v) is 16.2. The van der Waals surface area contributed by atoms with Gasteiger partial charge in [0.1, 0.15) is 17.8 Å². The summed E-state index contributed by atoms with van der Waals surface area (Å²) in [5.74, 6) is -4.84. The van der Waals surface area contributed by atoms with Crippen molar-refractivity contribution in [3.63, 3.8) is 0 Å². The number of nitrogens with one attached hydrogen (secondary N) is 2. The molecule has 2 fully saturated rings. The molecular formula is C39H50F2N6O10S. The van der Waals surface area contributed by atoms with Crippen LogP contribution < -0.4 is 10.6 Å². The van der Waals surface area contributed by atoms with E-state index in [1.165, 1.54) is 42.6 Å². The summed E-state index contributed by atoms with van der Waals surface area (Å²) in [4.78, 5) is 70.3. The van der Waals surface area contributed by atoms with Gasteiger partial charge in [0.15, 0.2) is 11.6 Å². The number of aryl methyl sites for hydroxylation is 2. The highest BCUT2D eigenvalue weighted by Crippen LogP contribution is 2.30. The van der Waals surface area contributed by atoms with Gasteiger partial charge >= 0.3 is 6.09 Å². The van der Waals surface area contributed by atoms with Gasteiger partial charge in [-0.15, -0.1) is 0 Å². The third-order valence-corrected chi connectivity index (χ3v) is 12.1. The van der Waals surface area contributed by atoms with Gasteiger partial charge < -0.3 is 34.8 Å². The Labute approximate surface area is 335 Å². The summed E-state index contributed by atoms with van der Waals surface area (Å²) in [5, 5.41) is 14.8. The molecule has 2 aromatic carbocycles. The summed E-state index contributed by atoms with van der Waals surface area (Å²) in [6, 6.07) is 5.97. The average molecular weight is 833 g/mol. The van der Waals surface area contributed by atoms with Gasteiger partial charge in [0.2, 0.25) is 11.8 Å². The van der Waals surface area contributed by atoms with E-state index in [4.69, 9.17) is 8.92 Å². The molecule has 1 aliphatic carbocycles. The van der Waals surface area contributed by atoms with Gasteiger partial charge in [-0.1, -0.05) is 37.0 Å². The second-order valence-electron chi connectivity index (χ2n) is 14.6. The molecule has 0 unspecified atom stereocenters. The lowest BCUT2D eigenvalue weighted by Gasteiger charge is -2.39. The van der Waals surface area contributed by atoms with E-state index in [-0.39, 0.29) is 91.4 Å². The Morgan fingerprint density at radius 1 is 0.931 bits per heavy atom. The Morgan fingerprint density at radius 2 is 1.55 bits per heavy atom. The minimum atomic E-state index is -3.99. The minimum Gasteiger partial charge on any atom is -0.465 e. The van der Waals surface area contributed by atoms with Gasteiger partial charge in [-0.25, -0.2) is 13.6 Å². The molecule has 19 heteroatoms. The zero-order chi connectivity index (χ0) is 42.3. The maximum Gasteiger partial charge on any atom is 0.407 e. The molecule has 0 radical (unpaired) electrons. The number of carboxylic acid groups (broad SMARTS) is 1. The van der Waals surface area contributed by atoms with Crippen molar-refractivity contribution in [2.45, 2.75) is 62.9 Å². The normalized spacial score (nSPS) is 16.2. The highest BCUT2D eigenvalue weighted by Gasteiger charge is 2.38. The van der Waals surface area contributed by atoms with Crippen LogP contribution in [0, 0.1) is 24.5 Å². The summed E-state index contributed by atoms with van der Waals surface area (Å²) in [6.07, 6.45) is 2.91. The van der Waals surface area contributed by atoms with E-state index in [1.807, 2.05) is 6.92 Å². The Morgan fingerprint density at radius 3 is 2.19 bits per heavy atom. The van der Waals surface area contributed by atoms with Crippen LogP contribution in [0.1, 0.15) is 65.4 Å². The number of aromatic nitrogens is 1. The van der Waals surface area contributed by atoms with Gasteiger partial charge in [0.05, 0.1) is 35.8 Å². The summed E-state index contributed by atoms with van der Waals surface area (Å²) >= 11 is 0. The van der Waals surface area contributed by atoms with Crippen LogP contribution in [0.15, 0.2) is 41.3 Å². The molecule has 58 heavy (non-hydrogen) atoms. The van der Waals surface area contributed by atoms with Crippen molar-refractivity contribution in [3.8, 4) is 0 Å². The zero-order valence-electron chi connectivity index (χ0n) is 33.0. The number of carbonyl (C=O) groups is 5. The maximum atomic E-state index is 14.6. The SMILES string of the molecule is Cc1ccc(S(=O)(=O)OCCOCCNC(=O)c2c(C(=O)N3CCN(C(=O)[C@@H](NC(=O)[C@H](C)N(C)C(=O)O)C4CCCCC4)CC3)n(C)c3cc(F)c(F)cc23)cc1. The first-order chi connectivity index (χ1) is 27.5. The van der Waals surface area contributed by atoms with Crippen LogP contribution >= 0.6 is 0 Å². The van der Waals surface area contributed by atoms with Crippen LogP contribution in [0.3, 0.4) is 0 Å². The number of halogens is 2. The van der Waals surface area contributed by atoms with E-state index in [2.05, 4.69) is 10.6 Å². The Bertz CT molecular complexity index is 2120. The van der Waals surface area contributed by atoms with Crippen molar-refractivity contribution in [3.05, 3.63) is 64.9 Å². The third kappa shape index (κ3) is 10.1. The molecule has 5 amide bonds. The monoisotopic (exact) mass is 832 g/mol. The fraction of sp³-hybridized carbons (Fsp3) is 0.513. The number of rotatable bonds is 15. The van der Waals surface area contributed by atoms with Gasteiger partial charge in [-0.2, -0.15) is 8.42 Å². The fourth-order valence-electron chi connectivity index (χ4n) is 7.25. The number of fused-ring (bicyclic) bond motifs is 1. The highest BCUT2D eigenvalue weighted by atomic mass is 32.2. The molecule has 2 heterocycles. The first-order valence-corrected chi connectivity index (χ1v) is 20.6. The van der Waals surface area contributed by atoms with E-state index >= 15 is 0 Å². The average Bonchev–Trinajstić information content (AvgIpc) is 3.48. The van der Waals surface area contributed by atoms with Crippen molar-refractivity contribution in [2.24, 2.45) is 13.0 Å². The van der Waals surface area contributed by atoms with Gasteiger partial charge in [-0.05, 0) is 50.8 Å². The molecule has 0 spiro atoms. The van der Waals surface area contributed by atoms with E-state index in [0.717, 1.165) is 41.9 Å². The molecule has 2 atom stereocenters. The summed E-state index contributed by atoms with van der Waals surface area (Å²) in [7, 11) is -1.26. The van der Waals surface area contributed by atoms with Crippen LogP contribution in [0.5, 0.6) is 0 Å².